The average molecular weight is 306 g/mol. The van der Waals surface area contributed by atoms with Crippen molar-refractivity contribution in [3.05, 3.63) is 41.4 Å². The fourth-order valence-corrected chi connectivity index (χ4v) is 2.94. The summed E-state index contributed by atoms with van der Waals surface area (Å²) in [6.45, 7) is 1.65. The van der Waals surface area contributed by atoms with Crippen LogP contribution in [-0.4, -0.2) is 35.8 Å². The Hall–Kier alpha value is -1.94. The lowest BCUT2D eigenvalue weighted by Crippen LogP contribution is -2.27. The molecule has 110 valence electrons. The van der Waals surface area contributed by atoms with Gasteiger partial charge in [0, 0.05) is 34.8 Å². The van der Waals surface area contributed by atoms with Gasteiger partial charge in [0.2, 0.25) is 0 Å². The lowest BCUT2D eigenvalue weighted by molar-refractivity contribution is 0.152. The van der Waals surface area contributed by atoms with Gasteiger partial charge in [-0.1, -0.05) is 35.9 Å². The van der Waals surface area contributed by atoms with Crippen molar-refractivity contribution in [3.63, 3.8) is 0 Å². The summed E-state index contributed by atoms with van der Waals surface area (Å²) in [5, 5.41) is 11.6. The molecule has 1 amide bonds. The van der Waals surface area contributed by atoms with E-state index in [1.165, 1.54) is 4.90 Å². The Morgan fingerprint density at radius 2 is 2.05 bits per heavy atom. The van der Waals surface area contributed by atoms with Crippen LogP contribution in [-0.2, 0) is 0 Å². The van der Waals surface area contributed by atoms with E-state index in [-0.39, 0.29) is 5.92 Å². The Balaban J connectivity index is 1.72. The van der Waals surface area contributed by atoms with Crippen LogP contribution in [0.15, 0.2) is 36.4 Å². The van der Waals surface area contributed by atoms with Crippen molar-refractivity contribution in [3.8, 4) is 5.75 Å². The maximum atomic E-state index is 10.9. The zero-order chi connectivity index (χ0) is 14.8. The normalized spacial score (nSPS) is 18.1. The second-order valence-corrected chi connectivity index (χ2v) is 5.69. The maximum absolute atomic E-state index is 10.9. The minimum Gasteiger partial charge on any atom is -0.493 e. The molecule has 0 saturated carbocycles. The molecule has 2 aromatic rings. The monoisotopic (exact) mass is 305 g/mol. The highest BCUT2D eigenvalue weighted by Crippen LogP contribution is 2.31. The Morgan fingerprint density at radius 3 is 2.76 bits per heavy atom. The smallest absolute Gasteiger partial charge is 0.407 e. The number of fused-ring (bicyclic) bond motifs is 1. The van der Waals surface area contributed by atoms with Crippen LogP contribution in [0.2, 0.25) is 5.02 Å². The van der Waals surface area contributed by atoms with E-state index in [1.807, 2.05) is 36.4 Å². The van der Waals surface area contributed by atoms with E-state index >= 15 is 0 Å². The molecule has 1 aliphatic rings. The first-order valence-electron chi connectivity index (χ1n) is 6.93. The predicted molar refractivity (Wildman–Crippen MR) is 82.2 cm³/mol. The third kappa shape index (κ3) is 2.90. The quantitative estimate of drug-likeness (QED) is 0.936. The first-order valence-corrected chi connectivity index (χ1v) is 7.31. The van der Waals surface area contributed by atoms with Crippen LogP contribution in [0.3, 0.4) is 0 Å². The number of carboxylic acid groups (broad SMARTS) is 1. The Bertz CT molecular complexity index is 674. The molecule has 3 rings (SSSR count). The molecule has 4 nitrogen and oxygen atoms in total. The second-order valence-electron chi connectivity index (χ2n) is 5.29. The molecule has 0 bridgehead atoms. The summed E-state index contributed by atoms with van der Waals surface area (Å²) in [7, 11) is 0. The number of hydrogen-bond acceptors (Lipinski definition) is 2. The van der Waals surface area contributed by atoms with Gasteiger partial charge in [-0.2, -0.15) is 0 Å². The highest BCUT2D eigenvalue weighted by molar-refractivity contribution is 6.35. The van der Waals surface area contributed by atoms with Crippen LogP contribution in [0, 0.1) is 5.92 Å². The summed E-state index contributed by atoms with van der Waals surface area (Å²) in [5.74, 6) is 1.04. The van der Waals surface area contributed by atoms with Crippen molar-refractivity contribution >= 4 is 28.5 Å². The van der Waals surface area contributed by atoms with Gasteiger partial charge < -0.3 is 14.7 Å². The Morgan fingerprint density at radius 1 is 1.29 bits per heavy atom. The third-order valence-electron chi connectivity index (χ3n) is 3.86. The van der Waals surface area contributed by atoms with Crippen molar-refractivity contribution in [1.29, 1.82) is 0 Å². The summed E-state index contributed by atoms with van der Waals surface area (Å²) in [6, 6.07) is 11.5. The molecule has 0 aromatic heterocycles. The number of likely N-dealkylation sites (tertiary alicyclic amines) is 1. The van der Waals surface area contributed by atoms with Crippen molar-refractivity contribution in [2.24, 2.45) is 5.92 Å². The minimum atomic E-state index is -0.852. The summed E-state index contributed by atoms with van der Waals surface area (Å²) in [6.07, 6.45) is -0.00731. The standard InChI is InChI=1S/C16H16ClNO3/c17-14-5-6-15(13-4-2-1-3-12(13)14)21-10-11-7-8-18(9-11)16(19)20/h1-6,11H,7-10H2,(H,19,20). The number of carbonyl (C=O) groups is 1. The van der Waals surface area contributed by atoms with Crippen molar-refractivity contribution < 1.29 is 14.6 Å². The highest BCUT2D eigenvalue weighted by atomic mass is 35.5. The van der Waals surface area contributed by atoms with Crippen LogP contribution in [0.4, 0.5) is 4.79 Å². The van der Waals surface area contributed by atoms with Crippen LogP contribution in [0.5, 0.6) is 5.75 Å². The summed E-state index contributed by atoms with van der Waals surface area (Å²) in [5.41, 5.74) is 0. The molecule has 1 heterocycles. The van der Waals surface area contributed by atoms with E-state index in [2.05, 4.69) is 0 Å². The van der Waals surface area contributed by atoms with Crippen LogP contribution < -0.4 is 4.74 Å². The topological polar surface area (TPSA) is 49.8 Å². The lowest BCUT2D eigenvalue weighted by Gasteiger charge is -2.15. The Labute approximate surface area is 127 Å². The van der Waals surface area contributed by atoms with Crippen LogP contribution in [0.1, 0.15) is 6.42 Å². The third-order valence-corrected chi connectivity index (χ3v) is 4.19. The van der Waals surface area contributed by atoms with E-state index in [4.69, 9.17) is 21.4 Å². The number of ether oxygens (including phenoxy) is 1. The molecular formula is C16H16ClNO3. The zero-order valence-electron chi connectivity index (χ0n) is 11.5. The molecule has 0 radical (unpaired) electrons. The SMILES string of the molecule is O=C(O)N1CCC(COc2ccc(Cl)c3ccccc23)C1. The zero-order valence-corrected chi connectivity index (χ0v) is 12.2. The lowest BCUT2D eigenvalue weighted by atomic mass is 10.1. The van der Waals surface area contributed by atoms with Crippen molar-refractivity contribution in [2.75, 3.05) is 19.7 Å². The van der Waals surface area contributed by atoms with Gasteiger partial charge in [-0.3, -0.25) is 0 Å². The predicted octanol–water partition coefficient (Wildman–Crippen LogP) is 3.87. The largest absolute Gasteiger partial charge is 0.493 e. The fourth-order valence-electron chi connectivity index (χ4n) is 2.71. The Kier molecular flexibility index (Phi) is 3.88. The molecular weight excluding hydrogens is 290 g/mol. The molecule has 1 aliphatic heterocycles. The highest BCUT2D eigenvalue weighted by Gasteiger charge is 2.26. The molecule has 2 aromatic carbocycles. The van der Waals surface area contributed by atoms with Gasteiger partial charge >= 0.3 is 6.09 Å². The second kappa shape index (κ2) is 5.82. The van der Waals surface area contributed by atoms with Crippen molar-refractivity contribution in [1.82, 2.24) is 4.90 Å². The van der Waals surface area contributed by atoms with E-state index < -0.39 is 6.09 Å². The van der Waals surface area contributed by atoms with Gasteiger partial charge in [-0.15, -0.1) is 0 Å². The number of nitrogens with zero attached hydrogens (tertiary/aromatic N) is 1. The van der Waals surface area contributed by atoms with E-state index in [0.29, 0.717) is 24.7 Å². The number of halogens is 1. The van der Waals surface area contributed by atoms with Gasteiger partial charge in [-0.05, 0) is 18.6 Å². The molecule has 1 fully saturated rings. The van der Waals surface area contributed by atoms with E-state index in [9.17, 15) is 4.79 Å². The maximum Gasteiger partial charge on any atom is 0.407 e. The summed E-state index contributed by atoms with van der Waals surface area (Å²) < 4.78 is 5.91. The first-order chi connectivity index (χ1) is 10.1. The van der Waals surface area contributed by atoms with Crippen LogP contribution >= 0.6 is 11.6 Å². The molecule has 1 atom stereocenters. The number of amides is 1. The molecule has 21 heavy (non-hydrogen) atoms. The van der Waals surface area contributed by atoms with Gasteiger partial charge in [-0.25, -0.2) is 4.79 Å². The molecule has 0 spiro atoms. The number of benzene rings is 2. The molecule has 1 unspecified atom stereocenters. The molecule has 1 N–H and O–H groups in total. The molecule has 0 aliphatic carbocycles. The average Bonchev–Trinajstić information content (AvgIpc) is 2.96. The summed E-state index contributed by atoms with van der Waals surface area (Å²) in [4.78, 5) is 12.3. The van der Waals surface area contributed by atoms with E-state index in [0.717, 1.165) is 22.9 Å². The number of hydrogen-bond donors (Lipinski definition) is 1. The van der Waals surface area contributed by atoms with Gasteiger partial charge in [0.1, 0.15) is 5.75 Å². The fraction of sp³-hybridized carbons (Fsp3) is 0.312. The van der Waals surface area contributed by atoms with Crippen LogP contribution in [0.25, 0.3) is 10.8 Å². The van der Waals surface area contributed by atoms with E-state index in [1.54, 1.807) is 0 Å². The minimum absolute atomic E-state index is 0.246. The molecule has 1 saturated heterocycles. The van der Waals surface area contributed by atoms with Gasteiger partial charge in [0.15, 0.2) is 0 Å². The molecule has 5 heteroatoms. The van der Waals surface area contributed by atoms with Gasteiger partial charge in [0.05, 0.1) is 6.61 Å². The number of rotatable bonds is 3. The van der Waals surface area contributed by atoms with Crippen molar-refractivity contribution in [2.45, 2.75) is 6.42 Å². The van der Waals surface area contributed by atoms with Gasteiger partial charge in [0.25, 0.3) is 0 Å². The first kappa shape index (κ1) is 14.0. The summed E-state index contributed by atoms with van der Waals surface area (Å²) >= 11 is 6.18.